The molecular formula is C23H24F6N2O2. The Morgan fingerprint density at radius 2 is 1.48 bits per heavy atom. The molecule has 1 saturated heterocycles. The summed E-state index contributed by atoms with van der Waals surface area (Å²) in [5.41, 5.74) is -2.88. The number of piperidine rings is 1. The highest BCUT2D eigenvalue weighted by Crippen LogP contribution is 2.36. The first-order valence-electron chi connectivity index (χ1n) is 10.4. The van der Waals surface area contributed by atoms with Gasteiger partial charge in [0.25, 0.3) is 5.91 Å². The molecule has 4 nitrogen and oxygen atoms in total. The topological polar surface area (TPSA) is 41.6 Å². The third kappa shape index (κ3) is 6.40. The largest absolute Gasteiger partial charge is 0.497 e. The number of amides is 1. The van der Waals surface area contributed by atoms with Gasteiger partial charge in [-0.2, -0.15) is 26.3 Å². The molecule has 2 aromatic rings. The van der Waals surface area contributed by atoms with Crippen LogP contribution in [0.15, 0.2) is 42.5 Å². The summed E-state index contributed by atoms with van der Waals surface area (Å²) in [5.74, 6) is -0.356. The van der Waals surface area contributed by atoms with E-state index >= 15 is 0 Å². The van der Waals surface area contributed by atoms with Crippen molar-refractivity contribution in [3.63, 3.8) is 0 Å². The third-order valence-corrected chi connectivity index (χ3v) is 5.64. The highest BCUT2D eigenvalue weighted by Gasteiger charge is 2.37. The highest BCUT2D eigenvalue weighted by atomic mass is 19.4. The molecule has 0 radical (unpaired) electrons. The fourth-order valence-electron chi connectivity index (χ4n) is 3.89. The van der Waals surface area contributed by atoms with Crippen LogP contribution in [0.5, 0.6) is 5.75 Å². The quantitative estimate of drug-likeness (QED) is 0.547. The normalized spacial score (nSPS) is 16.3. The number of rotatable bonds is 6. The molecular weight excluding hydrogens is 450 g/mol. The number of halogens is 6. The maximum absolute atomic E-state index is 13.1. The highest BCUT2D eigenvalue weighted by molar-refractivity contribution is 5.94. The summed E-state index contributed by atoms with van der Waals surface area (Å²) in [6.07, 6.45) is -7.04. The van der Waals surface area contributed by atoms with Crippen LogP contribution in [-0.4, -0.2) is 37.6 Å². The SMILES string of the molecule is COc1ccc([C@H](CNC(=O)c2cc(C(F)(F)F)cc(C(F)(F)F)c2)N2CCCCC2)cc1. The molecule has 0 bridgehead atoms. The van der Waals surface area contributed by atoms with Gasteiger partial charge in [-0.1, -0.05) is 18.6 Å². The first-order chi connectivity index (χ1) is 15.5. The number of nitrogens with one attached hydrogen (secondary N) is 1. The first-order valence-corrected chi connectivity index (χ1v) is 10.4. The van der Waals surface area contributed by atoms with Crippen molar-refractivity contribution in [1.29, 1.82) is 0 Å². The van der Waals surface area contributed by atoms with Crippen LogP contribution in [-0.2, 0) is 12.4 Å². The fourth-order valence-corrected chi connectivity index (χ4v) is 3.89. The van der Waals surface area contributed by atoms with Crippen molar-refractivity contribution in [2.45, 2.75) is 37.7 Å². The summed E-state index contributed by atoms with van der Waals surface area (Å²) in [6, 6.07) is 7.78. The Bertz CT molecular complexity index is 919. The van der Waals surface area contributed by atoms with Crippen LogP contribution in [0.1, 0.15) is 52.4 Å². The standard InChI is InChI=1S/C23H24F6N2O2/c1-33-19-7-5-15(6-8-19)20(31-9-3-2-4-10-31)14-30-21(32)16-11-17(22(24,25)26)13-18(12-16)23(27,28)29/h5-8,11-13,20H,2-4,9-10,14H2,1H3,(H,30,32)/t20-/m0/s1. The van der Waals surface area contributed by atoms with Gasteiger partial charge in [-0.05, 0) is 61.8 Å². The zero-order chi connectivity index (χ0) is 24.2. The average Bonchev–Trinajstić information content (AvgIpc) is 2.78. The molecule has 3 rings (SSSR count). The molecule has 0 aromatic heterocycles. The van der Waals surface area contributed by atoms with E-state index in [9.17, 15) is 31.1 Å². The maximum atomic E-state index is 13.1. The minimum absolute atomic E-state index is 0.00463. The number of likely N-dealkylation sites (tertiary alicyclic amines) is 1. The molecule has 1 atom stereocenters. The van der Waals surface area contributed by atoms with Gasteiger partial charge in [-0.25, -0.2) is 0 Å². The molecule has 0 aliphatic carbocycles. The zero-order valence-electron chi connectivity index (χ0n) is 17.9. The predicted octanol–water partition coefficient (Wildman–Crippen LogP) is 5.69. The van der Waals surface area contributed by atoms with Crippen molar-refractivity contribution in [2.24, 2.45) is 0 Å². The zero-order valence-corrected chi connectivity index (χ0v) is 17.9. The summed E-state index contributed by atoms with van der Waals surface area (Å²) in [5, 5.41) is 2.53. The van der Waals surface area contributed by atoms with E-state index < -0.39 is 35.0 Å². The van der Waals surface area contributed by atoms with Crippen LogP contribution >= 0.6 is 0 Å². The maximum Gasteiger partial charge on any atom is 0.416 e. The van der Waals surface area contributed by atoms with E-state index in [1.54, 1.807) is 12.1 Å². The summed E-state index contributed by atoms with van der Waals surface area (Å²) in [4.78, 5) is 14.8. The molecule has 0 saturated carbocycles. The number of benzene rings is 2. The number of carbonyl (C=O) groups is 1. The van der Waals surface area contributed by atoms with Crippen molar-refractivity contribution in [3.05, 3.63) is 64.7 Å². The minimum Gasteiger partial charge on any atom is -0.497 e. The lowest BCUT2D eigenvalue weighted by Crippen LogP contribution is -2.40. The van der Waals surface area contributed by atoms with Crippen LogP contribution in [0.3, 0.4) is 0 Å². The van der Waals surface area contributed by atoms with Crippen LogP contribution in [0.2, 0.25) is 0 Å². The van der Waals surface area contributed by atoms with E-state index in [0.29, 0.717) is 17.9 Å². The number of methoxy groups -OCH3 is 1. The number of nitrogens with zero attached hydrogens (tertiary/aromatic N) is 1. The molecule has 0 unspecified atom stereocenters. The van der Waals surface area contributed by atoms with Crippen molar-refractivity contribution in [2.75, 3.05) is 26.7 Å². The lowest BCUT2D eigenvalue weighted by atomic mass is 10.0. The van der Waals surface area contributed by atoms with Crippen LogP contribution < -0.4 is 10.1 Å². The van der Waals surface area contributed by atoms with Crippen molar-refractivity contribution in [3.8, 4) is 5.75 Å². The Morgan fingerprint density at radius 3 is 1.97 bits per heavy atom. The van der Waals surface area contributed by atoms with Crippen molar-refractivity contribution >= 4 is 5.91 Å². The molecule has 2 aromatic carbocycles. The number of carbonyl (C=O) groups excluding carboxylic acids is 1. The van der Waals surface area contributed by atoms with Gasteiger partial charge in [-0.3, -0.25) is 9.69 Å². The molecule has 10 heteroatoms. The second-order valence-corrected chi connectivity index (χ2v) is 7.89. The molecule has 33 heavy (non-hydrogen) atoms. The fraction of sp³-hybridized carbons (Fsp3) is 0.435. The molecule has 0 spiro atoms. The predicted molar refractivity (Wildman–Crippen MR) is 110 cm³/mol. The second kappa shape index (κ2) is 10.0. The number of alkyl halides is 6. The van der Waals surface area contributed by atoms with Crippen molar-refractivity contribution < 1.29 is 35.9 Å². The van der Waals surface area contributed by atoms with E-state index in [2.05, 4.69) is 10.2 Å². The third-order valence-electron chi connectivity index (χ3n) is 5.64. The number of ether oxygens (including phenoxy) is 1. The number of hydrogen-bond donors (Lipinski definition) is 1. The number of hydrogen-bond acceptors (Lipinski definition) is 3. The second-order valence-electron chi connectivity index (χ2n) is 7.89. The Labute approximate surface area is 187 Å². The Morgan fingerprint density at radius 1 is 0.939 bits per heavy atom. The lowest BCUT2D eigenvalue weighted by molar-refractivity contribution is -0.143. The average molecular weight is 474 g/mol. The van der Waals surface area contributed by atoms with Gasteiger partial charge in [0, 0.05) is 12.1 Å². The van der Waals surface area contributed by atoms with Gasteiger partial charge in [0.1, 0.15) is 5.75 Å². The Balaban J connectivity index is 1.84. The smallest absolute Gasteiger partial charge is 0.416 e. The minimum atomic E-state index is -5.02. The first kappa shape index (κ1) is 24.9. The van der Waals surface area contributed by atoms with Gasteiger partial charge in [-0.15, -0.1) is 0 Å². The molecule has 1 heterocycles. The van der Waals surface area contributed by atoms with Crippen LogP contribution in [0.4, 0.5) is 26.3 Å². The summed E-state index contributed by atoms with van der Waals surface area (Å²) < 4.78 is 83.9. The van der Waals surface area contributed by atoms with Gasteiger partial charge in [0.15, 0.2) is 0 Å². The molecule has 1 N–H and O–H groups in total. The summed E-state index contributed by atoms with van der Waals surface area (Å²) in [7, 11) is 1.53. The monoisotopic (exact) mass is 474 g/mol. The van der Waals surface area contributed by atoms with Crippen LogP contribution in [0.25, 0.3) is 0 Å². The van der Waals surface area contributed by atoms with E-state index in [0.717, 1.165) is 37.9 Å². The molecule has 1 amide bonds. The molecule has 1 aliphatic rings. The van der Waals surface area contributed by atoms with Gasteiger partial charge >= 0.3 is 12.4 Å². The Hall–Kier alpha value is -2.75. The van der Waals surface area contributed by atoms with E-state index in [4.69, 9.17) is 4.74 Å². The summed E-state index contributed by atoms with van der Waals surface area (Å²) in [6.45, 7) is 1.57. The van der Waals surface area contributed by atoms with Gasteiger partial charge < -0.3 is 10.1 Å². The van der Waals surface area contributed by atoms with E-state index in [-0.39, 0.29) is 18.7 Å². The molecule has 180 valence electrons. The van der Waals surface area contributed by atoms with E-state index in [1.807, 2.05) is 12.1 Å². The Kier molecular flexibility index (Phi) is 7.56. The molecule has 1 fully saturated rings. The lowest BCUT2D eigenvalue weighted by Gasteiger charge is -2.35. The van der Waals surface area contributed by atoms with Gasteiger partial charge in [0.2, 0.25) is 0 Å². The van der Waals surface area contributed by atoms with Crippen LogP contribution in [0, 0.1) is 0 Å². The van der Waals surface area contributed by atoms with E-state index in [1.165, 1.54) is 7.11 Å². The van der Waals surface area contributed by atoms with Gasteiger partial charge in [0.05, 0.1) is 24.3 Å². The van der Waals surface area contributed by atoms with Crippen molar-refractivity contribution in [1.82, 2.24) is 10.2 Å². The molecule has 1 aliphatic heterocycles. The summed E-state index contributed by atoms with van der Waals surface area (Å²) >= 11 is 0.